The summed E-state index contributed by atoms with van der Waals surface area (Å²) in [6.07, 6.45) is 1.52. The van der Waals surface area contributed by atoms with Crippen molar-refractivity contribution in [2.75, 3.05) is 26.2 Å². The van der Waals surface area contributed by atoms with Gasteiger partial charge in [0.2, 0.25) is 0 Å². The Morgan fingerprint density at radius 3 is 2.61 bits per heavy atom. The summed E-state index contributed by atoms with van der Waals surface area (Å²) in [6.45, 7) is 9.83. The number of likely N-dealkylation sites (tertiary alicyclic amines) is 1. The van der Waals surface area contributed by atoms with Crippen molar-refractivity contribution in [2.24, 2.45) is 5.73 Å². The third-order valence-corrected chi connectivity index (χ3v) is 3.01. The predicted molar refractivity (Wildman–Crippen MR) is 70.5 cm³/mol. The molecule has 2 N–H and O–H groups in total. The fraction of sp³-hybridized carbons (Fsp3) is 0.923. The molecule has 1 heterocycles. The molecule has 0 spiro atoms. The lowest BCUT2D eigenvalue weighted by Gasteiger charge is -2.42. The molecule has 0 saturated carbocycles. The lowest BCUT2D eigenvalue weighted by molar-refractivity contribution is -0.0810. The molecular weight excluding hydrogens is 232 g/mol. The number of carbonyl (C=O) groups is 1. The lowest BCUT2D eigenvalue weighted by atomic mass is 9.93. The van der Waals surface area contributed by atoms with E-state index in [0.717, 1.165) is 12.8 Å². The topological polar surface area (TPSA) is 64.8 Å². The molecule has 106 valence electrons. The smallest absolute Gasteiger partial charge is 0.410 e. The normalized spacial score (nSPS) is 25.1. The van der Waals surface area contributed by atoms with E-state index in [0.29, 0.717) is 26.2 Å². The zero-order chi connectivity index (χ0) is 13.8. The van der Waals surface area contributed by atoms with Crippen LogP contribution in [0, 0.1) is 0 Å². The largest absolute Gasteiger partial charge is 0.444 e. The minimum Gasteiger partial charge on any atom is -0.444 e. The van der Waals surface area contributed by atoms with Crippen LogP contribution in [0.1, 0.15) is 40.5 Å². The summed E-state index contributed by atoms with van der Waals surface area (Å²) in [5.41, 5.74) is 4.94. The van der Waals surface area contributed by atoms with Crippen LogP contribution < -0.4 is 5.73 Å². The van der Waals surface area contributed by atoms with Gasteiger partial charge >= 0.3 is 6.09 Å². The van der Waals surface area contributed by atoms with Gasteiger partial charge in [-0.1, -0.05) is 0 Å². The van der Waals surface area contributed by atoms with E-state index in [-0.39, 0.29) is 6.09 Å². The molecule has 5 heteroatoms. The van der Waals surface area contributed by atoms with Crippen molar-refractivity contribution in [3.63, 3.8) is 0 Å². The number of nitrogens with zero attached hydrogens (tertiary/aromatic N) is 1. The van der Waals surface area contributed by atoms with Gasteiger partial charge in [-0.2, -0.15) is 0 Å². The van der Waals surface area contributed by atoms with Gasteiger partial charge in [0, 0.05) is 19.7 Å². The maximum atomic E-state index is 12.0. The monoisotopic (exact) mass is 258 g/mol. The molecule has 1 aliphatic rings. The molecule has 1 saturated heterocycles. The molecule has 1 rings (SSSR count). The van der Waals surface area contributed by atoms with E-state index in [4.69, 9.17) is 15.2 Å². The SMILES string of the molecule is CCOC1(CN)CCCN(C(=O)OC(C)(C)C)C1. The standard InChI is InChI=1S/C13H26N2O3/c1-5-17-13(9-14)7-6-8-15(10-13)11(16)18-12(2,3)4/h5-10,14H2,1-4H3. The first kappa shape index (κ1) is 15.2. The highest BCUT2D eigenvalue weighted by Gasteiger charge is 2.38. The van der Waals surface area contributed by atoms with Crippen LogP contribution in [0.15, 0.2) is 0 Å². The lowest BCUT2D eigenvalue weighted by Crippen LogP contribution is -2.56. The zero-order valence-corrected chi connectivity index (χ0v) is 12.0. The molecule has 0 aliphatic carbocycles. The van der Waals surface area contributed by atoms with Crippen LogP contribution >= 0.6 is 0 Å². The zero-order valence-electron chi connectivity index (χ0n) is 12.0. The number of nitrogens with two attached hydrogens (primary N) is 1. The summed E-state index contributed by atoms with van der Waals surface area (Å²) < 4.78 is 11.1. The van der Waals surface area contributed by atoms with E-state index in [2.05, 4.69) is 0 Å². The van der Waals surface area contributed by atoms with Gasteiger partial charge in [-0.05, 0) is 40.5 Å². The molecule has 1 fully saturated rings. The average Bonchev–Trinajstić information content (AvgIpc) is 2.27. The van der Waals surface area contributed by atoms with Crippen molar-refractivity contribution in [1.82, 2.24) is 4.90 Å². The summed E-state index contributed by atoms with van der Waals surface area (Å²) in [6, 6.07) is 0. The molecule has 0 bridgehead atoms. The highest BCUT2D eigenvalue weighted by Crippen LogP contribution is 2.25. The van der Waals surface area contributed by atoms with Gasteiger partial charge in [0.1, 0.15) is 5.60 Å². The average molecular weight is 258 g/mol. The van der Waals surface area contributed by atoms with E-state index in [1.54, 1.807) is 4.90 Å². The third-order valence-electron chi connectivity index (χ3n) is 3.01. The molecule has 18 heavy (non-hydrogen) atoms. The van der Waals surface area contributed by atoms with Crippen molar-refractivity contribution < 1.29 is 14.3 Å². The van der Waals surface area contributed by atoms with Gasteiger partial charge in [-0.25, -0.2) is 4.79 Å². The van der Waals surface area contributed by atoms with Crippen molar-refractivity contribution in [3.8, 4) is 0 Å². The number of ether oxygens (including phenoxy) is 2. The third kappa shape index (κ3) is 4.14. The molecule has 1 atom stereocenters. The second kappa shape index (κ2) is 5.89. The number of rotatable bonds is 3. The maximum absolute atomic E-state index is 12.0. The highest BCUT2D eigenvalue weighted by atomic mass is 16.6. The molecule has 5 nitrogen and oxygen atoms in total. The molecular formula is C13H26N2O3. The summed E-state index contributed by atoms with van der Waals surface area (Å²) in [5.74, 6) is 0. The van der Waals surface area contributed by atoms with Crippen LogP contribution in [-0.2, 0) is 9.47 Å². The minimum absolute atomic E-state index is 0.278. The molecule has 1 unspecified atom stereocenters. The Balaban J connectivity index is 2.65. The fourth-order valence-corrected chi connectivity index (χ4v) is 2.23. The first-order valence-corrected chi connectivity index (χ1v) is 6.64. The molecule has 1 amide bonds. The van der Waals surface area contributed by atoms with Crippen LogP contribution in [0.25, 0.3) is 0 Å². The number of hydrogen-bond acceptors (Lipinski definition) is 4. The molecule has 1 aliphatic heterocycles. The van der Waals surface area contributed by atoms with E-state index in [9.17, 15) is 4.79 Å². The van der Waals surface area contributed by atoms with E-state index >= 15 is 0 Å². The van der Waals surface area contributed by atoms with E-state index in [1.807, 2.05) is 27.7 Å². The molecule has 0 aromatic carbocycles. The Labute approximate surface area is 110 Å². The van der Waals surface area contributed by atoms with Gasteiger partial charge in [-0.15, -0.1) is 0 Å². The number of amides is 1. The number of piperidine rings is 1. The fourth-order valence-electron chi connectivity index (χ4n) is 2.23. The summed E-state index contributed by atoms with van der Waals surface area (Å²) in [7, 11) is 0. The Bertz CT molecular complexity index is 284. The molecule has 0 aromatic heterocycles. The predicted octanol–water partition coefficient (Wildman–Crippen LogP) is 1.75. The first-order valence-electron chi connectivity index (χ1n) is 6.64. The molecule has 0 aromatic rings. The van der Waals surface area contributed by atoms with Crippen molar-refractivity contribution in [1.29, 1.82) is 0 Å². The van der Waals surface area contributed by atoms with Crippen LogP contribution in [-0.4, -0.2) is 48.4 Å². The first-order chi connectivity index (χ1) is 8.32. The van der Waals surface area contributed by atoms with Gasteiger partial charge < -0.3 is 20.1 Å². The van der Waals surface area contributed by atoms with Crippen LogP contribution in [0.3, 0.4) is 0 Å². The summed E-state index contributed by atoms with van der Waals surface area (Å²) >= 11 is 0. The van der Waals surface area contributed by atoms with Gasteiger partial charge in [-0.3, -0.25) is 0 Å². The molecule has 0 radical (unpaired) electrons. The van der Waals surface area contributed by atoms with Crippen LogP contribution in [0.2, 0.25) is 0 Å². The van der Waals surface area contributed by atoms with Gasteiger partial charge in [0.15, 0.2) is 0 Å². The summed E-state index contributed by atoms with van der Waals surface area (Å²) in [5, 5.41) is 0. The number of hydrogen-bond donors (Lipinski definition) is 1. The Hall–Kier alpha value is -0.810. The second-order valence-corrected chi connectivity index (χ2v) is 5.83. The second-order valence-electron chi connectivity index (χ2n) is 5.83. The Morgan fingerprint density at radius 2 is 2.11 bits per heavy atom. The Kier molecular flexibility index (Phi) is 4.99. The van der Waals surface area contributed by atoms with Gasteiger partial charge in [0.25, 0.3) is 0 Å². The van der Waals surface area contributed by atoms with E-state index in [1.165, 1.54) is 0 Å². The van der Waals surface area contributed by atoms with Gasteiger partial charge in [0.05, 0.1) is 12.1 Å². The van der Waals surface area contributed by atoms with E-state index < -0.39 is 11.2 Å². The highest BCUT2D eigenvalue weighted by molar-refractivity contribution is 5.68. The van der Waals surface area contributed by atoms with Crippen molar-refractivity contribution in [2.45, 2.75) is 51.7 Å². The summed E-state index contributed by atoms with van der Waals surface area (Å²) in [4.78, 5) is 13.7. The van der Waals surface area contributed by atoms with Crippen LogP contribution in [0.5, 0.6) is 0 Å². The Morgan fingerprint density at radius 1 is 1.44 bits per heavy atom. The minimum atomic E-state index is -0.467. The maximum Gasteiger partial charge on any atom is 0.410 e. The quantitative estimate of drug-likeness (QED) is 0.837. The van der Waals surface area contributed by atoms with Crippen molar-refractivity contribution >= 4 is 6.09 Å². The van der Waals surface area contributed by atoms with Crippen molar-refractivity contribution in [3.05, 3.63) is 0 Å². The van der Waals surface area contributed by atoms with Crippen LogP contribution in [0.4, 0.5) is 4.79 Å². The number of carbonyl (C=O) groups excluding carboxylic acids is 1.